The van der Waals surface area contributed by atoms with Crippen LogP contribution in [0.1, 0.15) is 19.5 Å². The molecule has 0 saturated heterocycles. The predicted molar refractivity (Wildman–Crippen MR) is 74.5 cm³/mol. The fourth-order valence-corrected chi connectivity index (χ4v) is 2.36. The topological polar surface area (TPSA) is 53.0 Å². The molecule has 96 valence electrons. The van der Waals surface area contributed by atoms with Gasteiger partial charge in [0.2, 0.25) is 0 Å². The Labute approximate surface area is 111 Å². The number of hydrogen-bond acceptors (Lipinski definition) is 2. The van der Waals surface area contributed by atoms with E-state index in [2.05, 4.69) is 0 Å². The molecule has 0 atom stereocenters. The van der Waals surface area contributed by atoms with Crippen LogP contribution in [0.25, 0.3) is 5.69 Å². The summed E-state index contributed by atoms with van der Waals surface area (Å²) in [6, 6.07) is 7.20. The van der Waals surface area contributed by atoms with E-state index in [0.717, 1.165) is 17.8 Å². The van der Waals surface area contributed by atoms with Gasteiger partial charge in [-0.2, -0.15) is 0 Å². The molecule has 0 aliphatic carbocycles. The van der Waals surface area contributed by atoms with E-state index in [1.165, 1.54) is 0 Å². The summed E-state index contributed by atoms with van der Waals surface area (Å²) in [5, 5.41) is 0.597. The number of nitrogen functional groups attached to an aromatic ring is 1. The van der Waals surface area contributed by atoms with Crippen LogP contribution in [0.15, 0.2) is 29.1 Å². The number of nitrogens with zero attached hydrogens (tertiary/aromatic N) is 2. The molecule has 0 radical (unpaired) electrons. The van der Waals surface area contributed by atoms with Crippen LogP contribution >= 0.6 is 11.6 Å². The highest BCUT2D eigenvalue weighted by Gasteiger charge is 2.16. The summed E-state index contributed by atoms with van der Waals surface area (Å²) in [6.45, 7) is 4.65. The molecule has 1 heterocycles. The molecule has 0 unspecified atom stereocenters. The Morgan fingerprint density at radius 1 is 1.33 bits per heavy atom. The first-order valence-electron chi connectivity index (χ1n) is 5.96. The monoisotopic (exact) mass is 265 g/mol. The van der Waals surface area contributed by atoms with Crippen LogP contribution in [0, 0.1) is 0 Å². The number of halogens is 1. The molecule has 5 heteroatoms. The van der Waals surface area contributed by atoms with Crippen molar-refractivity contribution >= 4 is 17.3 Å². The average Bonchev–Trinajstić information content (AvgIpc) is 2.61. The summed E-state index contributed by atoms with van der Waals surface area (Å²) >= 11 is 5.97. The predicted octanol–water partition coefficient (Wildman–Crippen LogP) is 2.46. The highest BCUT2D eigenvalue weighted by molar-refractivity contribution is 6.30. The first-order chi connectivity index (χ1) is 8.60. The number of benzene rings is 1. The molecule has 0 saturated carbocycles. The lowest BCUT2D eigenvalue weighted by molar-refractivity contribution is 0.551. The first kappa shape index (κ1) is 12.8. The molecule has 1 aromatic carbocycles. The van der Waals surface area contributed by atoms with E-state index < -0.39 is 0 Å². The molecule has 4 nitrogen and oxygen atoms in total. The average molecular weight is 266 g/mol. The van der Waals surface area contributed by atoms with Gasteiger partial charge in [-0.05, 0) is 31.5 Å². The Kier molecular flexibility index (Phi) is 3.48. The van der Waals surface area contributed by atoms with Crippen molar-refractivity contribution in [3.8, 4) is 5.69 Å². The van der Waals surface area contributed by atoms with Gasteiger partial charge < -0.3 is 5.73 Å². The zero-order chi connectivity index (χ0) is 13.3. The van der Waals surface area contributed by atoms with Crippen LogP contribution in [-0.2, 0) is 13.0 Å². The van der Waals surface area contributed by atoms with E-state index in [1.54, 1.807) is 16.8 Å². The molecule has 0 aliphatic rings. The molecule has 2 N–H and O–H groups in total. The van der Waals surface area contributed by atoms with E-state index in [4.69, 9.17) is 17.3 Å². The minimum absolute atomic E-state index is 0.184. The van der Waals surface area contributed by atoms with Gasteiger partial charge in [-0.1, -0.05) is 24.6 Å². The summed E-state index contributed by atoms with van der Waals surface area (Å²) in [5.41, 5.74) is 7.61. The van der Waals surface area contributed by atoms with E-state index >= 15 is 0 Å². The minimum atomic E-state index is -0.184. The van der Waals surface area contributed by atoms with Gasteiger partial charge in [-0.25, -0.2) is 4.68 Å². The Balaban J connectivity index is 2.75. The van der Waals surface area contributed by atoms with Gasteiger partial charge in [0, 0.05) is 11.6 Å². The number of hydrogen-bond donors (Lipinski definition) is 1. The van der Waals surface area contributed by atoms with E-state index in [0.29, 0.717) is 17.3 Å². The second kappa shape index (κ2) is 4.90. The highest BCUT2D eigenvalue weighted by atomic mass is 35.5. The van der Waals surface area contributed by atoms with Crippen LogP contribution in [0.4, 0.5) is 5.69 Å². The van der Waals surface area contributed by atoms with Gasteiger partial charge in [-0.15, -0.1) is 0 Å². The van der Waals surface area contributed by atoms with Crippen LogP contribution < -0.4 is 11.3 Å². The van der Waals surface area contributed by atoms with Crippen molar-refractivity contribution in [3.05, 3.63) is 45.3 Å². The fraction of sp³-hybridized carbons (Fsp3) is 0.308. The van der Waals surface area contributed by atoms with Crippen molar-refractivity contribution in [2.45, 2.75) is 26.8 Å². The van der Waals surface area contributed by atoms with Crippen molar-refractivity contribution in [3.63, 3.8) is 0 Å². The largest absolute Gasteiger partial charge is 0.393 e. The fourth-order valence-electron chi connectivity index (χ4n) is 2.18. The van der Waals surface area contributed by atoms with Crippen molar-refractivity contribution in [1.29, 1.82) is 0 Å². The summed E-state index contributed by atoms with van der Waals surface area (Å²) < 4.78 is 3.48. The number of aromatic nitrogens is 2. The van der Waals surface area contributed by atoms with Crippen LogP contribution in [0.5, 0.6) is 0 Å². The van der Waals surface area contributed by atoms with Gasteiger partial charge in [0.25, 0.3) is 5.56 Å². The van der Waals surface area contributed by atoms with E-state index in [1.807, 2.05) is 30.7 Å². The van der Waals surface area contributed by atoms with Gasteiger partial charge in [0.1, 0.15) is 5.69 Å². The minimum Gasteiger partial charge on any atom is -0.393 e. The Morgan fingerprint density at radius 3 is 2.61 bits per heavy atom. The number of rotatable bonds is 3. The third-order valence-corrected chi connectivity index (χ3v) is 3.21. The second-order valence-corrected chi connectivity index (χ2v) is 4.46. The molecule has 1 aromatic heterocycles. The van der Waals surface area contributed by atoms with Gasteiger partial charge in [0.05, 0.1) is 11.4 Å². The van der Waals surface area contributed by atoms with Crippen molar-refractivity contribution in [1.82, 2.24) is 9.36 Å². The summed E-state index contributed by atoms with van der Waals surface area (Å²) in [5.74, 6) is 0. The Hall–Kier alpha value is -1.68. The molecule has 0 spiro atoms. The first-order valence-corrected chi connectivity index (χ1v) is 6.34. The quantitative estimate of drug-likeness (QED) is 0.927. The molecule has 0 aliphatic heterocycles. The smallest absolute Gasteiger partial charge is 0.294 e. The summed E-state index contributed by atoms with van der Waals surface area (Å²) in [7, 11) is 0. The molecular weight excluding hydrogens is 250 g/mol. The number of anilines is 1. The van der Waals surface area contributed by atoms with Crippen LogP contribution in [0.3, 0.4) is 0 Å². The lowest BCUT2D eigenvalue weighted by atomic mass is 10.3. The SMILES string of the molecule is CCc1c(N)c(=O)n(-c2cccc(Cl)c2)n1CC. The zero-order valence-corrected chi connectivity index (χ0v) is 11.2. The maximum absolute atomic E-state index is 12.2. The zero-order valence-electron chi connectivity index (χ0n) is 10.5. The molecule has 2 rings (SSSR count). The molecule has 0 amide bonds. The number of nitrogens with two attached hydrogens (primary N) is 1. The van der Waals surface area contributed by atoms with Gasteiger partial charge >= 0.3 is 0 Å². The van der Waals surface area contributed by atoms with Gasteiger partial charge in [-0.3, -0.25) is 9.48 Å². The summed E-state index contributed by atoms with van der Waals surface area (Å²) in [4.78, 5) is 12.2. The van der Waals surface area contributed by atoms with Crippen molar-refractivity contribution < 1.29 is 0 Å². The third kappa shape index (κ3) is 1.93. The maximum Gasteiger partial charge on any atom is 0.294 e. The second-order valence-electron chi connectivity index (χ2n) is 4.03. The van der Waals surface area contributed by atoms with Gasteiger partial charge in [0.15, 0.2) is 0 Å². The Morgan fingerprint density at radius 2 is 2.06 bits per heavy atom. The standard InChI is InChI=1S/C13H16ClN3O/c1-3-11-12(15)13(18)17(16(11)4-2)10-7-5-6-9(14)8-10/h5-8H,3-4,15H2,1-2H3. The maximum atomic E-state index is 12.2. The van der Waals surface area contributed by atoms with E-state index in [9.17, 15) is 4.79 Å². The lowest BCUT2D eigenvalue weighted by Crippen LogP contribution is -2.22. The molecule has 18 heavy (non-hydrogen) atoms. The molecule has 0 fully saturated rings. The van der Waals surface area contributed by atoms with Crippen molar-refractivity contribution in [2.75, 3.05) is 5.73 Å². The van der Waals surface area contributed by atoms with Crippen LogP contribution in [0.2, 0.25) is 5.02 Å². The molecular formula is C13H16ClN3O. The Bertz CT molecular complexity index is 628. The molecule has 0 bridgehead atoms. The van der Waals surface area contributed by atoms with Crippen molar-refractivity contribution in [2.24, 2.45) is 0 Å². The van der Waals surface area contributed by atoms with Crippen LogP contribution in [-0.4, -0.2) is 9.36 Å². The van der Waals surface area contributed by atoms with E-state index in [-0.39, 0.29) is 5.56 Å². The summed E-state index contributed by atoms with van der Waals surface area (Å²) in [6.07, 6.45) is 0.725. The third-order valence-electron chi connectivity index (χ3n) is 2.97. The highest BCUT2D eigenvalue weighted by Crippen LogP contribution is 2.17. The molecule has 2 aromatic rings. The lowest BCUT2D eigenvalue weighted by Gasteiger charge is -2.12. The normalized spacial score (nSPS) is 10.8.